The molecule has 2 fully saturated rings. The Kier molecular flexibility index (Phi) is 4.80. The first-order chi connectivity index (χ1) is 8.25. The van der Waals surface area contributed by atoms with Gasteiger partial charge in [-0.05, 0) is 44.6 Å². The lowest BCUT2D eigenvalue weighted by Gasteiger charge is -2.17. The maximum absolute atomic E-state index is 12.0. The van der Waals surface area contributed by atoms with E-state index in [1.165, 1.54) is 12.8 Å². The lowest BCUT2D eigenvalue weighted by molar-refractivity contribution is -0.123. The highest BCUT2D eigenvalue weighted by molar-refractivity contribution is 5.81. The Labute approximate surface area is 103 Å². The summed E-state index contributed by atoms with van der Waals surface area (Å²) in [6, 6.07) is 0.00354. The zero-order valence-electron chi connectivity index (χ0n) is 10.5. The Morgan fingerprint density at radius 1 is 1.24 bits per heavy atom. The van der Waals surface area contributed by atoms with Gasteiger partial charge in [-0.3, -0.25) is 4.79 Å². The first-order valence-electron chi connectivity index (χ1n) is 6.95. The van der Waals surface area contributed by atoms with Crippen LogP contribution in [0.2, 0.25) is 0 Å². The Balaban J connectivity index is 1.69. The van der Waals surface area contributed by atoms with E-state index in [1.54, 1.807) is 0 Å². The number of nitrogens with one attached hydrogen (secondary N) is 2. The van der Waals surface area contributed by atoms with Gasteiger partial charge < -0.3 is 15.7 Å². The fourth-order valence-electron chi connectivity index (χ4n) is 2.85. The molecule has 0 spiro atoms. The fourth-order valence-corrected chi connectivity index (χ4v) is 2.85. The van der Waals surface area contributed by atoms with Crippen LogP contribution in [0.1, 0.15) is 44.9 Å². The van der Waals surface area contributed by atoms with Crippen molar-refractivity contribution in [1.29, 1.82) is 0 Å². The van der Waals surface area contributed by atoms with Crippen LogP contribution in [0.3, 0.4) is 0 Å². The van der Waals surface area contributed by atoms with Gasteiger partial charge in [0, 0.05) is 6.54 Å². The van der Waals surface area contributed by atoms with E-state index in [0.717, 1.165) is 45.2 Å². The highest BCUT2D eigenvalue weighted by Crippen LogP contribution is 2.24. The number of hydrogen-bond acceptors (Lipinski definition) is 3. The van der Waals surface area contributed by atoms with Crippen LogP contribution in [-0.2, 0) is 4.79 Å². The molecule has 1 saturated carbocycles. The third kappa shape index (κ3) is 3.96. The molecular formula is C13H24N2O2. The normalized spacial score (nSPS) is 34.3. The van der Waals surface area contributed by atoms with E-state index in [-0.39, 0.29) is 18.1 Å². The molecule has 1 aliphatic heterocycles. The molecule has 1 heterocycles. The molecule has 0 radical (unpaired) electrons. The van der Waals surface area contributed by atoms with Crippen molar-refractivity contribution in [2.75, 3.05) is 13.1 Å². The van der Waals surface area contributed by atoms with Gasteiger partial charge in [-0.1, -0.05) is 12.8 Å². The lowest BCUT2D eigenvalue weighted by Crippen LogP contribution is -2.44. The minimum Gasteiger partial charge on any atom is -0.393 e. The van der Waals surface area contributed by atoms with E-state index in [2.05, 4.69) is 10.6 Å². The second-order valence-electron chi connectivity index (χ2n) is 5.43. The van der Waals surface area contributed by atoms with Crippen LogP contribution in [0.25, 0.3) is 0 Å². The molecule has 2 aliphatic rings. The predicted octanol–water partition coefficient (Wildman–Crippen LogP) is 0.796. The topological polar surface area (TPSA) is 61.4 Å². The molecule has 1 amide bonds. The zero-order valence-corrected chi connectivity index (χ0v) is 10.5. The van der Waals surface area contributed by atoms with E-state index in [9.17, 15) is 9.90 Å². The number of carbonyl (C=O) groups is 1. The molecule has 4 nitrogen and oxygen atoms in total. The van der Waals surface area contributed by atoms with Crippen LogP contribution in [0, 0.1) is 5.92 Å². The van der Waals surface area contributed by atoms with E-state index in [0.29, 0.717) is 5.92 Å². The summed E-state index contributed by atoms with van der Waals surface area (Å²) < 4.78 is 0. The van der Waals surface area contributed by atoms with Gasteiger partial charge in [0.15, 0.2) is 0 Å². The summed E-state index contributed by atoms with van der Waals surface area (Å²) in [6.45, 7) is 1.69. The average molecular weight is 240 g/mol. The van der Waals surface area contributed by atoms with E-state index < -0.39 is 0 Å². The van der Waals surface area contributed by atoms with Gasteiger partial charge >= 0.3 is 0 Å². The Hall–Kier alpha value is -0.610. The summed E-state index contributed by atoms with van der Waals surface area (Å²) in [5, 5.41) is 15.8. The minimum absolute atomic E-state index is 0.00354. The largest absolute Gasteiger partial charge is 0.393 e. The third-order valence-electron chi connectivity index (χ3n) is 3.96. The summed E-state index contributed by atoms with van der Waals surface area (Å²) in [4.78, 5) is 12.0. The second kappa shape index (κ2) is 6.36. The Morgan fingerprint density at radius 3 is 2.88 bits per heavy atom. The van der Waals surface area contributed by atoms with Crippen molar-refractivity contribution >= 4 is 5.91 Å². The molecule has 17 heavy (non-hydrogen) atoms. The summed E-state index contributed by atoms with van der Waals surface area (Å²) in [5.74, 6) is 0.619. The van der Waals surface area contributed by atoms with Crippen LogP contribution in [0.15, 0.2) is 0 Å². The van der Waals surface area contributed by atoms with Gasteiger partial charge in [-0.15, -0.1) is 0 Å². The van der Waals surface area contributed by atoms with Crippen molar-refractivity contribution in [3.63, 3.8) is 0 Å². The van der Waals surface area contributed by atoms with Crippen LogP contribution in [0.5, 0.6) is 0 Å². The van der Waals surface area contributed by atoms with Crippen molar-refractivity contribution < 1.29 is 9.90 Å². The SMILES string of the molecule is O=C(NCC1CCC(O)C1)C1CCCCCN1. The van der Waals surface area contributed by atoms with Crippen LogP contribution in [0.4, 0.5) is 0 Å². The number of aliphatic hydroxyl groups is 1. The fraction of sp³-hybridized carbons (Fsp3) is 0.923. The van der Waals surface area contributed by atoms with Crippen LogP contribution < -0.4 is 10.6 Å². The molecule has 4 heteroatoms. The third-order valence-corrected chi connectivity index (χ3v) is 3.96. The van der Waals surface area contributed by atoms with Gasteiger partial charge in [-0.25, -0.2) is 0 Å². The summed E-state index contributed by atoms with van der Waals surface area (Å²) in [7, 11) is 0. The molecule has 3 N–H and O–H groups in total. The number of hydrogen-bond donors (Lipinski definition) is 3. The van der Waals surface area contributed by atoms with Gasteiger partial charge in [0.25, 0.3) is 0 Å². The number of rotatable bonds is 3. The molecule has 1 aliphatic carbocycles. The van der Waals surface area contributed by atoms with E-state index in [1.807, 2.05) is 0 Å². The maximum atomic E-state index is 12.0. The highest BCUT2D eigenvalue weighted by atomic mass is 16.3. The molecule has 1 saturated heterocycles. The standard InChI is InChI=1S/C13H24N2O2/c16-11-6-5-10(8-11)9-15-13(17)12-4-2-1-3-7-14-12/h10-12,14,16H,1-9H2,(H,15,17). The maximum Gasteiger partial charge on any atom is 0.237 e. The van der Waals surface area contributed by atoms with Crippen LogP contribution >= 0.6 is 0 Å². The Bertz CT molecular complexity index is 250. The monoisotopic (exact) mass is 240 g/mol. The zero-order chi connectivity index (χ0) is 12.1. The quantitative estimate of drug-likeness (QED) is 0.683. The average Bonchev–Trinajstić information content (AvgIpc) is 2.58. The first-order valence-corrected chi connectivity index (χ1v) is 6.95. The van der Waals surface area contributed by atoms with Crippen molar-refractivity contribution in [1.82, 2.24) is 10.6 Å². The lowest BCUT2D eigenvalue weighted by atomic mass is 10.1. The van der Waals surface area contributed by atoms with Gasteiger partial charge in [0.05, 0.1) is 12.1 Å². The summed E-state index contributed by atoms with van der Waals surface area (Å²) >= 11 is 0. The van der Waals surface area contributed by atoms with E-state index in [4.69, 9.17) is 0 Å². The first kappa shape index (κ1) is 12.8. The van der Waals surface area contributed by atoms with Crippen molar-refractivity contribution in [2.45, 2.75) is 57.1 Å². The molecule has 3 unspecified atom stereocenters. The molecule has 0 aromatic heterocycles. The molecule has 3 atom stereocenters. The molecule has 0 bridgehead atoms. The van der Waals surface area contributed by atoms with Gasteiger partial charge in [-0.2, -0.15) is 0 Å². The van der Waals surface area contributed by atoms with Crippen molar-refractivity contribution in [3.05, 3.63) is 0 Å². The molecule has 98 valence electrons. The molecule has 2 rings (SSSR count). The molecular weight excluding hydrogens is 216 g/mol. The summed E-state index contributed by atoms with van der Waals surface area (Å²) in [6.07, 6.45) is 7.14. The highest BCUT2D eigenvalue weighted by Gasteiger charge is 2.25. The van der Waals surface area contributed by atoms with Gasteiger partial charge in [0.1, 0.15) is 0 Å². The summed E-state index contributed by atoms with van der Waals surface area (Å²) in [5.41, 5.74) is 0. The molecule has 0 aromatic carbocycles. The van der Waals surface area contributed by atoms with Crippen molar-refractivity contribution in [2.24, 2.45) is 5.92 Å². The Morgan fingerprint density at radius 2 is 2.12 bits per heavy atom. The van der Waals surface area contributed by atoms with Crippen LogP contribution in [-0.4, -0.2) is 36.2 Å². The number of carbonyl (C=O) groups excluding carboxylic acids is 1. The molecule has 0 aromatic rings. The number of amides is 1. The smallest absolute Gasteiger partial charge is 0.237 e. The predicted molar refractivity (Wildman–Crippen MR) is 66.6 cm³/mol. The number of aliphatic hydroxyl groups excluding tert-OH is 1. The minimum atomic E-state index is -0.145. The van der Waals surface area contributed by atoms with E-state index >= 15 is 0 Å². The second-order valence-corrected chi connectivity index (χ2v) is 5.43. The van der Waals surface area contributed by atoms with Gasteiger partial charge in [0.2, 0.25) is 5.91 Å². The van der Waals surface area contributed by atoms with Crippen molar-refractivity contribution in [3.8, 4) is 0 Å².